The Bertz CT molecular complexity index is 893. The van der Waals surface area contributed by atoms with E-state index in [1.807, 2.05) is 30.3 Å². The van der Waals surface area contributed by atoms with Gasteiger partial charge >= 0.3 is 5.97 Å². The Hall–Kier alpha value is -3.45. The van der Waals surface area contributed by atoms with E-state index in [1.54, 1.807) is 30.5 Å². The van der Waals surface area contributed by atoms with Crippen LogP contribution < -0.4 is 5.32 Å². The highest BCUT2D eigenvalue weighted by Gasteiger charge is 2.23. The second-order valence-corrected chi connectivity index (χ2v) is 5.74. The van der Waals surface area contributed by atoms with Crippen molar-refractivity contribution < 1.29 is 23.8 Å². The van der Waals surface area contributed by atoms with Crippen molar-refractivity contribution in [2.24, 2.45) is 0 Å². The van der Waals surface area contributed by atoms with Gasteiger partial charge < -0.3 is 19.6 Å². The van der Waals surface area contributed by atoms with E-state index in [9.17, 15) is 14.7 Å². The van der Waals surface area contributed by atoms with Crippen molar-refractivity contribution in [3.05, 3.63) is 78.2 Å². The van der Waals surface area contributed by atoms with Gasteiger partial charge in [-0.2, -0.15) is 0 Å². The van der Waals surface area contributed by atoms with E-state index in [-0.39, 0.29) is 19.0 Å². The zero-order valence-corrected chi connectivity index (χ0v) is 14.4. The molecule has 0 fully saturated rings. The highest BCUT2D eigenvalue weighted by atomic mass is 16.5. The zero-order valence-electron chi connectivity index (χ0n) is 14.4. The number of ether oxygens (including phenoxy) is 1. The molecule has 138 valence electrons. The van der Waals surface area contributed by atoms with Gasteiger partial charge in [0, 0.05) is 6.20 Å². The molecule has 0 bridgehead atoms. The Morgan fingerprint density at radius 1 is 1.07 bits per heavy atom. The van der Waals surface area contributed by atoms with Crippen LogP contribution in [0, 0.1) is 0 Å². The summed E-state index contributed by atoms with van der Waals surface area (Å²) in [7, 11) is 0. The van der Waals surface area contributed by atoms with Crippen molar-refractivity contribution in [2.75, 3.05) is 6.61 Å². The van der Waals surface area contributed by atoms with Crippen LogP contribution in [0.4, 0.5) is 0 Å². The molecule has 0 saturated carbocycles. The van der Waals surface area contributed by atoms with E-state index < -0.39 is 17.9 Å². The van der Waals surface area contributed by atoms with Crippen LogP contribution in [-0.4, -0.2) is 34.6 Å². The second kappa shape index (κ2) is 8.77. The number of carboxylic acids is 1. The molecule has 1 amide bonds. The molecule has 2 aromatic heterocycles. The quantitative estimate of drug-likeness (QED) is 0.636. The lowest BCUT2D eigenvalue weighted by atomic mass is 10.2. The highest BCUT2D eigenvalue weighted by Crippen LogP contribution is 2.19. The van der Waals surface area contributed by atoms with Gasteiger partial charge in [-0.25, -0.2) is 4.79 Å². The Kier molecular flexibility index (Phi) is 5.96. The summed E-state index contributed by atoms with van der Waals surface area (Å²) in [4.78, 5) is 27.8. The van der Waals surface area contributed by atoms with Gasteiger partial charge in [0.05, 0.1) is 13.2 Å². The van der Waals surface area contributed by atoms with E-state index in [1.165, 1.54) is 6.07 Å². The Morgan fingerprint density at radius 3 is 2.56 bits per heavy atom. The van der Waals surface area contributed by atoms with Crippen LogP contribution >= 0.6 is 0 Å². The number of aliphatic carboxylic acids is 1. The molecule has 0 aliphatic rings. The first-order valence-corrected chi connectivity index (χ1v) is 8.30. The number of carbonyl (C=O) groups is 2. The number of hydrogen-bond donors (Lipinski definition) is 2. The summed E-state index contributed by atoms with van der Waals surface area (Å²) in [5.41, 5.74) is 1.50. The number of nitrogens with one attached hydrogen (secondary N) is 1. The Morgan fingerprint density at radius 2 is 1.85 bits per heavy atom. The van der Waals surface area contributed by atoms with Gasteiger partial charge in [0.25, 0.3) is 5.91 Å². The second-order valence-electron chi connectivity index (χ2n) is 5.74. The maximum Gasteiger partial charge on any atom is 0.328 e. The van der Waals surface area contributed by atoms with Crippen LogP contribution in [0.2, 0.25) is 0 Å². The topological polar surface area (TPSA) is 102 Å². The number of carboxylic acid groups (broad SMARTS) is 1. The zero-order chi connectivity index (χ0) is 19.1. The number of nitrogens with zero attached hydrogens (tertiary/aromatic N) is 1. The van der Waals surface area contributed by atoms with Crippen LogP contribution in [0.15, 0.2) is 71.3 Å². The third-order valence-electron chi connectivity index (χ3n) is 3.75. The van der Waals surface area contributed by atoms with Gasteiger partial charge in [-0.15, -0.1) is 0 Å². The third-order valence-corrected chi connectivity index (χ3v) is 3.75. The number of pyridine rings is 1. The fraction of sp³-hybridized carbons (Fsp3) is 0.150. The van der Waals surface area contributed by atoms with Crippen molar-refractivity contribution in [2.45, 2.75) is 12.6 Å². The lowest BCUT2D eigenvalue weighted by molar-refractivity contribution is -0.141. The maximum absolute atomic E-state index is 12.3. The number of amides is 1. The number of carbonyl (C=O) groups excluding carboxylic acids is 1. The van der Waals surface area contributed by atoms with E-state index in [4.69, 9.17) is 9.15 Å². The van der Waals surface area contributed by atoms with Gasteiger partial charge in [-0.3, -0.25) is 9.78 Å². The van der Waals surface area contributed by atoms with Crippen LogP contribution in [0.25, 0.3) is 11.5 Å². The number of rotatable bonds is 8. The molecule has 27 heavy (non-hydrogen) atoms. The van der Waals surface area contributed by atoms with Crippen LogP contribution in [-0.2, 0) is 16.1 Å². The first-order chi connectivity index (χ1) is 13.1. The van der Waals surface area contributed by atoms with Crippen molar-refractivity contribution >= 4 is 11.9 Å². The number of furan rings is 1. The first kappa shape index (κ1) is 18.3. The normalized spacial score (nSPS) is 11.7. The molecular formula is C20H18N2O5. The van der Waals surface area contributed by atoms with Gasteiger partial charge in [0.15, 0.2) is 17.6 Å². The van der Waals surface area contributed by atoms with E-state index in [0.717, 1.165) is 5.56 Å². The summed E-state index contributed by atoms with van der Waals surface area (Å²) >= 11 is 0. The maximum atomic E-state index is 12.3. The molecule has 2 heterocycles. The number of benzene rings is 1. The fourth-order valence-corrected chi connectivity index (χ4v) is 2.38. The van der Waals surface area contributed by atoms with Gasteiger partial charge in [-0.05, 0) is 29.8 Å². The molecule has 3 aromatic rings. The molecule has 7 heteroatoms. The summed E-state index contributed by atoms with van der Waals surface area (Å²) in [6.45, 7) is 0.0921. The lowest BCUT2D eigenvalue weighted by Gasteiger charge is -2.14. The van der Waals surface area contributed by atoms with Crippen LogP contribution in [0.1, 0.15) is 16.1 Å². The summed E-state index contributed by atoms with van der Waals surface area (Å²) in [6, 6.07) is 16.6. The minimum atomic E-state index is -1.19. The summed E-state index contributed by atoms with van der Waals surface area (Å²) in [5.74, 6) is -1.39. The SMILES string of the molecule is O=C(NC(COCc1ccccc1)C(=O)O)c1ccc(-c2ccccn2)o1. The molecule has 1 unspecified atom stereocenters. The summed E-state index contributed by atoms with van der Waals surface area (Å²) < 4.78 is 10.9. The van der Waals surface area contributed by atoms with Gasteiger partial charge in [0.2, 0.25) is 0 Å². The predicted molar refractivity (Wildman–Crippen MR) is 96.9 cm³/mol. The molecule has 7 nitrogen and oxygen atoms in total. The molecule has 3 rings (SSSR count). The Labute approximate surface area is 155 Å². The first-order valence-electron chi connectivity index (χ1n) is 8.30. The lowest BCUT2D eigenvalue weighted by Crippen LogP contribution is -2.43. The predicted octanol–water partition coefficient (Wildman–Crippen LogP) is 2.74. The summed E-state index contributed by atoms with van der Waals surface area (Å²) in [5, 5.41) is 11.7. The minimum Gasteiger partial charge on any atom is -0.480 e. The van der Waals surface area contributed by atoms with Crippen LogP contribution in [0.5, 0.6) is 0 Å². The van der Waals surface area contributed by atoms with E-state index in [2.05, 4.69) is 10.3 Å². The Balaban J connectivity index is 1.58. The summed E-state index contributed by atoms with van der Waals surface area (Å²) in [6.07, 6.45) is 1.61. The van der Waals surface area contributed by atoms with Crippen LogP contribution in [0.3, 0.4) is 0 Å². The molecule has 0 spiro atoms. The van der Waals surface area contributed by atoms with Crippen molar-refractivity contribution in [1.29, 1.82) is 0 Å². The van der Waals surface area contributed by atoms with Crippen molar-refractivity contribution in [3.8, 4) is 11.5 Å². The highest BCUT2D eigenvalue weighted by molar-refractivity contribution is 5.94. The monoisotopic (exact) mass is 366 g/mol. The average Bonchev–Trinajstić information content (AvgIpc) is 3.19. The van der Waals surface area contributed by atoms with Gasteiger partial charge in [0.1, 0.15) is 5.69 Å². The average molecular weight is 366 g/mol. The third kappa shape index (κ3) is 5.02. The largest absolute Gasteiger partial charge is 0.480 e. The molecule has 0 saturated heterocycles. The smallest absolute Gasteiger partial charge is 0.328 e. The molecular weight excluding hydrogens is 348 g/mol. The molecule has 1 aromatic carbocycles. The van der Waals surface area contributed by atoms with Crippen molar-refractivity contribution in [3.63, 3.8) is 0 Å². The molecule has 0 aliphatic heterocycles. The molecule has 2 N–H and O–H groups in total. The number of aromatic nitrogens is 1. The molecule has 1 atom stereocenters. The molecule has 0 radical (unpaired) electrons. The fourth-order valence-electron chi connectivity index (χ4n) is 2.38. The standard InChI is InChI=1S/C20H18N2O5/c23-19(18-10-9-17(27-18)15-8-4-5-11-21-15)22-16(20(24)25)13-26-12-14-6-2-1-3-7-14/h1-11,16H,12-13H2,(H,22,23)(H,24,25). The van der Waals surface area contributed by atoms with Crippen molar-refractivity contribution in [1.82, 2.24) is 10.3 Å². The van der Waals surface area contributed by atoms with E-state index >= 15 is 0 Å². The molecule has 0 aliphatic carbocycles. The number of hydrogen-bond acceptors (Lipinski definition) is 5. The minimum absolute atomic E-state index is 0.00459. The van der Waals surface area contributed by atoms with E-state index in [0.29, 0.717) is 11.5 Å². The van der Waals surface area contributed by atoms with Gasteiger partial charge in [-0.1, -0.05) is 36.4 Å².